The highest BCUT2D eigenvalue weighted by Gasteiger charge is 2.13. The van der Waals surface area contributed by atoms with Crippen LogP contribution in [0.1, 0.15) is 5.56 Å². The minimum atomic E-state index is -4.86. The van der Waals surface area contributed by atoms with Crippen molar-refractivity contribution in [1.29, 1.82) is 0 Å². The van der Waals surface area contributed by atoms with Gasteiger partial charge in [0.25, 0.3) is 5.69 Å². The van der Waals surface area contributed by atoms with E-state index >= 15 is 0 Å². The number of hydrogen-bond donors (Lipinski definition) is 1. The molecular formula is C14H11FN2O5S. The maximum atomic E-state index is 12.9. The van der Waals surface area contributed by atoms with Gasteiger partial charge in [-0.25, -0.2) is 0 Å². The minimum absolute atomic E-state index is 0.110. The predicted octanol–water partition coefficient (Wildman–Crippen LogP) is 2.43. The Hall–Kier alpha value is -2.81. The Kier molecular flexibility index (Phi) is 4.70. The van der Waals surface area contributed by atoms with Crippen LogP contribution in [0.3, 0.4) is 0 Å². The van der Waals surface area contributed by atoms with E-state index in [9.17, 15) is 27.2 Å². The number of nitro groups is 1. The molecule has 0 aliphatic rings. The first-order chi connectivity index (χ1) is 10.8. The van der Waals surface area contributed by atoms with E-state index in [1.54, 1.807) is 6.07 Å². The SMILES string of the molecule is O=C(Cc1cccc([N+](=O)[O-])c1)Nc1cccc(S(=O)(=O)F)c1. The third kappa shape index (κ3) is 4.58. The lowest BCUT2D eigenvalue weighted by Gasteiger charge is -2.06. The van der Waals surface area contributed by atoms with Crippen LogP contribution in [0.4, 0.5) is 15.3 Å². The van der Waals surface area contributed by atoms with Gasteiger partial charge in [0, 0.05) is 17.8 Å². The van der Waals surface area contributed by atoms with E-state index in [0.717, 1.165) is 12.1 Å². The molecule has 2 aromatic rings. The molecular weight excluding hydrogens is 327 g/mol. The quantitative estimate of drug-likeness (QED) is 0.512. The summed E-state index contributed by atoms with van der Waals surface area (Å²) >= 11 is 0. The fourth-order valence-electron chi connectivity index (χ4n) is 1.90. The van der Waals surface area contributed by atoms with E-state index in [1.807, 2.05) is 0 Å². The zero-order valence-electron chi connectivity index (χ0n) is 11.6. The molecule has 0 atom stereocenters. The highest BCUT2D eigenvalue weighted by Crippen LogP contribution is 2.18. The van der Waals surface area contributed by atoms with E-state index in [-0.39, 0.29) is 17.8 Å². The van der Waals surface area contributed by atoms with Crippen molar-refractivity contribution in [3.8, 4) is 0 Å². The number of anilines is 1. The van der Waals surface area contributed by atoms with Gasteiger partial charge in [-0.2, -0.15) is 8.42 Å². The molecule has 120 valence electrons. The summed E-state index contributed by atoms with van der Waals surface area (Å²) in [6.07, 6.45) is -0.145. The maximum absolute atomic E-state index is 12.9. The van der Waals surface area contributed by atoms with Gasteiger partial charge in [0.05, 0.1) is 11.3 Å². The number of benzene rings is 2. The van der Waals surface area contributed by atoms with Crippen LogP contribution in [-0.4, -0.2) is 19.2 Å². The van der Waals surface area contributed by atoms with Gasteiger partial charge in [-0.15, -0.1) is 3.89 Å². The number of non-ortho nitro benzene ring substituents is 1. The lowest BCUT2D eigenvalue weighted by molar-refractivity contribution is -0.384. The van der Waals surface area contributed by atoms with Crippen molar-refractivity contribution in [3.63, 3.8) is 0 Å². The fourth-order valence-corrected chi connectivity index (χ4v) is 2.40. The summed E-state index contributed by atoms with van der Waals surface area (Å²) in [5, 5.41) is 13.1. The Bertz CT molecular complexity index is 867. The zero-order valence-corrected chi connectivity index (χ0v) is 12.4. The number of nitro benzene ring substituents is 1. The van der Waals surface area contributed by atoms with Gasteiger partial charge < -0.3 is 5.32 Å². The molecule has 0 saturated carbocycles. The molecule has 2 aromatic carbocycles. The van der Waals surface area contributed by atoms with Crippen molar-refractivity contribution in [1.82, 2.24) is 0 Å². The highest BCUT2D eigenvalue weighted by atomic mass is 32.3. The Labute approximate surface area is 131 Å². The van der Waals surface area contributed by atoms with E-state index in [0.29, 0.717) is 5.56 Å². The third-order valence-electron chi connectivity index (χ3n) is 2.89. The highest BCUT2D eigenvalue weighted by molar-refractivity contribution is 7.86. The van der Waals surface area contributed by atoms with Crippen molar-refractivity contribution in [2.24, 2.45) is 0 Å². The normalized spacial score (nSPS) is 11.0. The molecule has 7 nitrogen and oxygen atoms in total. The Morgan fingerprint density at radius 1 is 1.17 bits per heavy atom. The minimum Gasteiger partial charge on any atom is -0.326 e. The van der Waals surface area contributed by atoms with E-state index in [2.05, 4.69) is 5.32 Å². The summed E-state index contributed by atoms with van der Waals surface area (Å²) in [6.45, 7) is 0. The van der Waals surface area contributed by atoms with Gasteiger partial charge in [-0.05, 0) is 23.8 Å². The molecule has 0 aliphatic carbocycles. The molecule has 1 amide bonds. The van der Waals surface area contributed by atoms with E-state index < -0.39 is 25.9 Å². The molecule has 0 unspecified atom stereocenters. The first-order valence-electron chi connectivity index (χ1n) is 6.33. The number of halogens is 1. The fraction of sp³-hybridized carbons (Fsp3) is 0.0714. The van der Waals surface area contributed by atoms with Gasteiger partial charge >= 0.3 is 10.2 Å². The van der Waals surface area contributed by atoms with Crippen LogP contribution in [0.25, 0.3) is 0 Å². The van der Waals surface area contributed by atoms with Crippen LogP contribution in [0, 0.1) is 10.1 Å². The number of nitrogens with zero attached hydrogens (tertiary/aromatic N) is 1. The average molecular weight is 338 g/mol. The molecule has 0 aromatic heterocycles. The molecule has 2 rings (SSSR count). The number of amides is 1. The smallest absolute Gasteiger partial charge is 0.326 e. The number of rotatable bonds is 5. The number of hydrogen-bond acceptors (Lipinski definition) is 5. The van der Waals surface area contributed by atoms with Crippen molar-refractivity contribution in [3.05, 3.63) is 64.2 Å². The second-order valence-corrected chi connectivity index (χ2v) is 5.96. The number of carbonyl (C=O) groups is 1. The molecule has 0 fully saturated rings. The van der Waals surface area contributed by atoms with Crippen LogP contribution in [0.2, 0.25) is 0 Å². The summed E-state index contributed by atoms with van der Waals surface area (Å²) < 4.78 is 34.5. The monoisotopic (exact) mass is 338 g/mol. The van der Waals surface area contributed by atoms with E-state index in [1.165, 1.54) is 30.3 Å². The average Bonchev–Trinajstić information content (AvgIpc) is 2.46. The van der Waals surface area contributed by atoms with Crippen molar-refractivity contribution in [2.45, 2.75) is 11.3 Å². The maximum Gasteiger partial charge on any atom is 0.332 e. The van der Waals surface area contributed by atoms with Crippen LogP contribution in [0.5, 0.6) is 0 Å². The Balaban J connectivity index is 2.11. The third-order valence-corrected chi connectivity index (χ3v) is 3.70. The Morgan fingerprint density at radius 2 is 1.87 bits per heavy atom. The molecule has 1 N–H and O–H groups in total. The van der Waals surface area contributed by atoms with Gasteiger partial charge in [0.2, 0.25) is 5.91 Å². The molecule has 23 heavy (non-hydrogen) atoms. The standard InChI is InChI=1S/C14H11FN2O5S/c15-23(21,22)13-6-2-4-11(9-13)16-14(18)8-10-3-1-5-12(7-10)17(19)20/h1-7,9H,8H2,(H,16,18). The zero-order chi connectivity index (χ0) is 17.0. The second kappa shape index (κ2) is 6.53. The summed E-state index contributed by atoms with van der Waals surface area (Å²) in [6, 6.07) is 10.3. The molecule has 0 radical (unpaired) electrons. The topological polar surface area (TPSA) is 106 Å². The van der Waals surface area contributed by atoms with Gasteiger partial charge in [-0.3, -0.25) is 14.9 Å². The largest absolute Gasteiger partial charge is 0.332 e. The Morgan fingerprint density at radius 3 is 2.52 bits per heavy atom. The van der Waals surface area contributed by atoms with Crippen molar-refractivity contribution in [2.75, 3.05) is 5.32 Å². The first kappa shape index (κ1) is 16.6. The van der Waals surface area contributed by atoms with Crippen molar-refractivity contribution < 1.29 is 22.0 Å². The number of carbonyl (C=O) groups excluding carboxylic acids is 1. The molecule has 0 bridgehead atoms. The summed E-state index contributed by atoms with van der Waals surface area (Å²) in [7, 11) is -4.86. The van der Waals surface area contributed by atoms with E-state index in [4.69, 9.17) is 0 Å². The van der Waals surface area contributed by atoms with Crippen LogP contribution >= 0.6 is 0 Å². The van der Waals surface area contributed by atoms with Crippen LogP contribution < -0.4 is 5.32 Å². The predicted molar refractivity (Wildman–Crippen MR) is 80.2 cm³/mol. The van der Waals surface area contributed by atoms with Crippen molar-refractivity contribution >= 4 is 27.5 Å². The van der Waals surface area contributed by atoms with Crippen LogP contribution in [0.15, 0.2) is 53.4 Å². The van der Waals surface area contributed by atoms with Crippen LogP contribution in [-0.2, 0) is 21.4 Å². The molecule has 0 saturated heterocycles. The summed E-state index contributed by atoms with van der Waals surface area (Å²) in [4.78, 5) is 21.4. The summed E-state index contributed by atoms with van der Waals surface area (Å²) in [5.74, 6) is -0.515. The lowest BCUT2D eigenvalue weighted by Crippen LogP contribution is -2.14. The summed E-state index contributed by atoms with van der Waals surface area (Å²) in [5.41, 5.74) is 0.394. The lowest BCUT2D eigenvalue weighted by atomic mass is 10.1. The van der Waals surface area contributed by atoms with Gasteiger partial charge in [0.1, 0.15) is 4.90 Å². The molecule has 0 aliphatic heterocycles. The molecule has 9 heteroatoms. The molecule has 0 spiro atoms. The number of nitrogens with one attached hydrogen (secondary N) is 1. The van der Waals surface area contributed by atoms with Gasteiger partial charge in [0.15, 0.2) is 0 Å². The van der Waals surface area contributed by atoms with Gasteiger partial charge in [-0.1, -0.05) is 18.2 Å². The second-order valence-electron chi connectivity index (χ2n) is 4.62. The first-order valence-corrected chi connectivity index (χ1v) is 7.72. The molecule has 0 heterocycles.